The van der Waals surface area contributed by atoms with Gasteiger partial charge in [0.2, 0.25) is 0 Å². The molecule has 0 fully saturated rings. The number of benzene rings is 2. The highest BCUT2D eigenvalue weighted by molar-refractivity contribution is 5.76. The second kappa shape index (κ2) is 5.27. The van der Waals surface area contributed by atoms with E-state index in [4.69, 9.17) is 0 Å². The van der Waals surface area contributed by atoms with E-state index in [2.05, 4.69) is 50.4 Å². The van der Waals surface area contributed by atoms with Gasteiger partial charge in [-0.15, -0.1) is 0 Å². The van der Waals surface area contributed by atoms with Crippen molar-refractivity contribution < 1.29 is 4.79 Å². The Morgan fingerprint density at radius 3 is 1.74 bits per heavy atom. The lowest BCUT2D eigenvalue weighted by atomic mass is 9.87. The van der Waals surface area contributed by atoms with Gasteiger partial charge >= 0.3 is 0 Å². The van der Waals surface area contributed by atoms with Crippen molar-refractivity contribution in [2.75, 3.05) is 5.32 Å². The number of carbonyl (C=O) groups is 1. The van der Waals surface area contributed by atoms with E-state index >= 15 is 0 Å². The predicted molar refractivity (Wildman–Crippen MR) is 80.3 cm³/mol. The monoisotopic (exact) mass is 253 g/mol. The van der Waals surface area contributed by atoms with Crippen molar-refractivity contribution in [3.8, 4) is 0 Å². The summed E-state index contributed by atoms with van der Waals surface area (Å²) in [5, 5.41) is 3.32. The maximum absolute atomic E-state index is 10.6. The lowest BCUT2D eigenvalue weighted by Gasteiger charge is -2.19. The van der Waals surface area contributed by atoms with Gasteiger partial charge in [0.25, 0.3) is 0 Å². The zero-order chi connectivity index (χ0) is 13.9. The van der Waals surface area contributed by atoms with Crippen LogP contribution in [0.5, 0.6) is 0 Å². The average Bonchev–Trinajstić information content (AvgIpc) is 2.39. The third-order valence-corrected chi connectivity index (χ3v) is 3.09. The summed E-state index contributed by atoms with van der Waals surface area (Å²) in [5.41, 5.74) is 4.20. The molecule has 0 heterocycles. The van der Waals surface area contributed by atoms with Crippen LogP contribution in [-0.2, 0) is 5.41 Å². The first-order valence-electron chi connectivity index (χ1n) is 6.42. The fraction of sp³-hybridized carbons (Fsp3) is 0.235. The van der Waals surface area contributed by atoms with E-state index in [1.54, 1.807) is 12.1 Å². The largest absolute Gasteiger partial charge is 0.356 e. The van der Waals surface area contributed by atoms with Gasteiger partial charge in [-0.3, -0.25) is 4.79 Å². The molecule has 2 rings (SSSR count). The highest BCUT2D eigenvalue weighted by Gasteiger charge is 2.12. The van der Waals surface area contributed by atoms with Crippen LogP contribution in [0.1, 0.15) is 36.7 Å². The molecular formula is C17H19NO. The van der Waals surface area contributed by atoms with Crippen molar-refractivity contribution in [3.63, 3.8) is 0 Å². The minimum Gasteiger partial charge on any atom is -0.356 e. The normalized spacial score (nSPS) is 11.1. The Labute approximate surface area is 114 Å². The first kappa shape index (κ1) is 13.3. The van der Waals surface area contributed by atoms with Gasteiger partial charge in [-0.2, -0.15) is 0 Å². The van der Waals surface area contributed by atoms with Crippen LogP contribution in [0.2, 0.25) is 0 Å². The molecule has 0 aliphatic heterocycles. The van der Waals surface area contributed by atoms with Gasteiger partial charge in [0.15, 0.2) is 0 Å². The van der Waals surface area contributed by atoms with E-state index in [-0.39, 0.29) is 5.41 Å². The van der Waals surface area contributed by atoms with Crippen LogP contribution in [0.25, 0.3) is 0 Å². The summed E-state index contributed by atoms with van der Waals surface area (Å²) in [7, 11) is 0. The van der Waals surface area contributed by atoms with Gasteiger partial charge in [-0.25, -0.2) is 0 Å². The van der Waals surface area contributed by atoms with Gasteiger partial charge in [-0.1, -0.05) is 32.9 Å². The molecule has 2 aromatic carbocycles. The van der Waals surface area contributed by atoms with Crippen LogP contribution in [0, 0.1) is 0 Å². The summed E-state index contributed by atoms with van der Waals surface area (Å²) >= 11 is 0. The van der Waals surface area contributed by atoms with Gasteiger partial charge in [0.1, 0.15) is 6.29 Å². The van der Waals surface area contributed by atoms with Crippen molar-refractivity contribution >= 4 is 17.7 Å². The number of anilines is 2. The summed E-state index contributed by atoms with van der Waals surface area (Å²) < 4.78 is 0. The van der Waals surface area contributed by atoms with E-state index < -0.39 is 0 Å². The minimum absolute atomic E-state index is 0.171. The zero-order valence-corrected chi connectivity index (χ0v) is 11.6. The summed E-state index contributed by atoms with van der Waals surface area (Å²) in [6, 6.07) is 15.9. The molecule has 1 N–H and O–H groups in total. The summed E-state index contributed by atoms with van der Waals surface area (Å²) in [6.45, 7) is 6.61. The van der Waals surface area contributed by atoms with Crippen LogP contribution in [0.3, 0.4) is 0 Å². The summed E-state index contributed by atoms with van der Waals surface area (Å²) in [5.74, 6) is 0. The molecule has 0 saturated heterocycles. The molecule has 0 aromatic heterocycles. The molecule has 0 aliphatic rings. The predicted octanol–water partition coefficient (Wildman–Crippen LogP) is 4.54. The van der Waals surface area contributed by atoms with Crippen molar-refractivity contribution in [2.24, 2.45) is 0 Å². The van der Waals surface area contributed by atoms with E-state index in [1.165, 1.54) is 5.56 Å². The summed E-state index contributed by atoms with van der Waals surface area (Å²) in [4.78, 5) is 10.6. The molecule has 0 spiro atoms. The standard InChI is InChI=1S/C17H19NO/c1-17(2,3)14-6-10-16(11-7-14)18-15-8-4-13(12-19)5-9-15/h4-12,18H,1-3H3. The van der Waals surface area contributed by atoms with E-state index in [0.29, 0.717) is 5.56 Å². The number of hydrogen-bond acceptors (Lipinski definition) is 2. The molecule has 2 aromatic rings. The lowest BCUT2D eigenvalue weighted by molar-refractivity contribution is 0.112. The Morgan fingerprint density at radius 2 is 1.32 bits per heavy atom. The third kappa shape index (κ3) is 3.44. The summed E-state index contributed by atoms with van der Waals surface area (Å²) in [6.07, 6.45) is 0.849. The van der Waals surface area contributed by atoms with Gasteiger partial charge in [-0.05, 0) is 47.4 Å². The van der Waals surface area contributed by atoms with Crippen molar-refractivity contribution in [1.29, 1.82) is 0 Å². The number of rotatable bonds is 3. The zero-order valence-electron chi connectivity index (χ0n) is 11.6. The molecule has 0 atom stereocenters. The first-order valence-corrected chi connectivity index (χ1v) is 6.42. The maximum atomic E-state index is 10.6. The molecule has 0 bridgehead atoms. The van der Waals surface area contributed by atoms with E-state index in [9.17, 15) is 4.79 Å². The Morgan fingerprint density at radius 1 is 0.842 bits per heavy atom. The van der Waals surface area contributed by atoms with E-state index in [0.717, 1.165) is 17.7 Å². The molecule has 98 valence electrons. The molecule has 2 nitrogen and oxygen atoms in total. The topological polar surface area (TPSA) is 29.1 Å². The second-order valence-electron chi connectivity index (χ2n) is 5.69. The lowest BCUT2D eigenvalue weighted by Crippen LogP contribution is -2.10. The highest BCUT2D eigenvalue weighted by atomic mass is 16.1. The molecule has 0 radical (unpaired) electrons. The smallest absolute Gasteiger partial charge is 0.150 e. The first-order chi connectivity index (χ1) is 8.99. The van der Waals surface area contributed by atoms with Gasteiger partial charge in [0, 0.05) is 16.9 Å². The van der Waals surface area contributed by atoms with E-state index in [1.807, 2.05) is 12.1 Å². The van der Waals surface area contributed by atoms with Crippen LogP contribution < -0.4 is 5.32 Å². The molecule has 0 aliphatic carbocycles. The molecule has 19 heavy (non-hydrogen) atoms. The maximum Gasteiger partial charge on any atom is 0.150 e. The quantitative estimate of drug-likeness (QED) is 0.814. The van der Waals surface area contributed by atoms with Crippen molar-refractivity contribution in [1.82, 2.24) is 0 Å². The number of aldehydes is 1. The number of nitrogens with one attached hydrogen (secondary N) is 1. The third-order valence-electron chi connectivity index (χ3n) is 3.09. The fourth-order valence-electron chi connectivity index (χ4n) is 1.87. The molecule has 0 unspecified atom stereocenters. The van der Waals surface area contributed by atoms with Crippen molar-refractivity contribution in [3.05, 3.63) is 59.7 Å². The van der Waals surface area contributed by atoms with Gasteiger partial charge in [0.05, 0.1) is 0 Å². The molecule has 0 amide bonds. The van der Waals surface area contributed by atoms with Gasteiger partial charge < -0.3 is 5.32 Å². The van der Waals surface area contributed by atoms with Crippen LogP contribution >= 0.6 is 0 Å². The van der Waals surface area contributed by atoms with Crippen molar-refractivity contribution in [2.45, 2.75) is 26.2 Å². The fourth-order valence-corrected chi connectivity index (χ4v) is 1.87. The second-order valence-corrected chi connectivity index (χ2v) is 5.69. The van der Waals surface area contributed by atoms with Crippen LogP contribution in [0.4, 0.5) is 11.4 Å². The van der Waals surface area contributed by atoms with Crippen LogP contribution in [-0.4, -0.2) is 6.29 Å². The number of carbonyl (C=O) groups excluding carboxylic acids is 1. The molecular weight excluding hydrogens is 234 g/mol. The molecule has 2 heteroatoms. The molecule has 0 saturated carbocycles. The SMILES string of the molecule is CC(C)(C)c1ccc(Nc2ccc(C=O)cc2)cc1. The number of hydrogen-bond donors (Lipinski definition) is 1. The Kier molecular flexibility index (Phi) is 3.70. The highest BCUT2D eigenvalue weighted by Crippen LogP contribution is 2.24. The Hall–Kier alpha value is -2.09. The average molecular weight is 253 g/mol. The Bertz CT molecular complexity index is 547. The van der Waals surface area contributed by atoms with Crippen LogP contribution in [0.15, 0.2) is 48.5 Å². The minimum atomic E-state index is 0.171. The Balaban J connectivity index is 2.12.